The zero-order chi connectivity index (χ0) is 24.2. The number of para-hydroxylation sites is 1. The van der Waals surface area contributed by atoms with Crippen LogP contribution in [0.3, 0.4) is 0 Å². The van der Waals surface area contributed by atoms with Gasteiger partial charge in [0.2, 0.25) is 0 Å². The average molecular weight is 477 g/mol. The molecule has 0 amide bonds. The Balaban J connectivity index is 0.000000165. The summed E-state index contributed by atoms with van der Waals surface area (Å²) >= 11 is 0. The fraction of sp³-hybridized carbons (Fsp3) is 0.188. The summed E-state index contributed by atoms with van der Waals surface area (Å²) in [6.45, 7) is 2.06. The van der Waals surface area contributed by atoms with Gasteiger partial charge in [-0.1, -0.05) is 98.4 Å². The van der Waals surface area contributed by atoms with Crippen LogP contribution in [0.1, 0.15) is 47.5 Å². The first-order valence-corrected chi connectivity index (χ1v) is 11.9. The molecule has 4 heteroatoms. The van der Waals surface area contributed by atoms with Gasteiger partial charge in [0.05, 0.1) is 22.8 Å². The summed E-state index contributed by atoms with van der Waals surface area (Å²) in [6, 6.07) is 33.6. The molecule has 182 valence electrons. The molecule has 0 spiro atoms. The van der Waals surface area contributed by atoms with Gasteiger partial charge >= 0.3 is 0 Å². The summed E-state index contributed by atoms with van der Waals surface area (Å²) in [5, 5.41) is 20.6. The van der Waals surface area contributed by atoms with Crippen LogP contribution in [-0.2, 0) is 12.8 Å². The molecule has 2 aliphatic rings. The minimum absolute atomic E-state index is 0. The molecule has 0 aromatic heterocycles. The topological polar surface area (TPSA) is 65.2 Å². The molecule has 0 radical (unpaired) electrons. The lowest BCUT2D eigenvalue weighted by Gasteiger charge is -2.10. The van der Waals surface area contributed by atoms with Crippen LogP contribution >= 0.6 is 0 Å². The van der Waals surface area contributed by atoms with Crippen molar-refractivity contribution < 1.29 is 10.2 Å². The Morgan fingerprint density at radius 2 is 1.06 bits per heavy atom. The molecule has 4 aromatic rings. The summed E-state index contributed by atoms with van der Waals surface area (Å²) in [4.78, 5) is 9.05. The molecular formula is C32H32N2O2. The van der Waals surface area contributed by atoms with Crippen LogP contribution in [0, 0.1) is 6.92 Å². The highest BCUT2D eigenvalue weighted by Gasteiger charge is 2.22. The largest absolute Gasteiger partial charge is 0.382 e. The molecule has 4 nitrogen and oxygen atoms in total. The molecule has 6 rings (SSSR count). The zero-order valence-electron chi connectivity index (χ0n) is 19.7. The second-order valence-electron chi connectivity index (χ2n) is 8.95. The Kier molecular flexibility index (Phi) is 7.89. The first kappa shape index (κ1) is 25.2. The van der Waals surface area contributed by atoms with E-state index in [4.69, 9.17) is 0 Å². The second kappa shape index (κ2) is 11.3. The molecule has 0 saturated carbocycles. The Morgan fingerprint density at radius 3 is 1.61 bits per heavy atom. The van der Waals surface area contributed by atoms with Gasteiger partial charge in [-0.05, 0) is 46.9 Å². The highest BCUT2D eigenvalue weighted by molar-refractivity contribution is 5.98. The maximum absolute atomic E-state index is 10.3. The average Bonchev–Trinajstić information content (AvgIpc) is 3.53. The number of nitrogens with zero attached hydrogens (tertiary/aromatic N) is 2. The monoisotopic (exact) mass is 476 g/mol. The van der Waals surface area contributed by atoms with E-state index in [2.05, 4.69) is 41.2 Å². The van der Waals surface area contributed by atoms with Gasteiger partial charge in [-0.2, -0.15) is 0 Å². The van der Waals surface area contributed by atoms with Crippen molar-refractivity contribution >= 4 is 22.8 Å². The fourth-order valence-electron chi connectivity index (χ4n) is 4.45. The smallest absolute Gasteiger partial charge is 0.117 e. The Hall–Kier alpha value is -3.86. The molecule has 4 aromatic carbocycles. The van der Waals surface area contributed by atoms with Crippen LogP contribution in [0.15, 0.2) is 113 Å². The molecule has 0 fully saturated rings. The van der Waals surface area contributed by atoms with Crippen molar-refractivity contribution in [1.29, 1.82) is 0 Å². The molecule has 2 N–H and O–H groups in total. The van der Waals surface area contributed by atoms with Gasteiger partial charge in [0, 0.05) is 12.8 Å². The van der Waals surface area contributed by atoms with E-state index in [9.17, 15) is 10.2 Å². The first-order valence-electron chi connectivity index (χ1n) is 11.9. The number of aliphatic hydroxyl groups is 2. The minimum Gasteiger partial charge on any atom is -0.382 e. The summed E-state index contributed by atoms with van der Waals surface area (Å²) in [6.07, 6.45) is 0.292. The molecule has 2 unspecified atom stereocenters. The third-order valence-electron chi connectivity index (χ3n) is 6.37. The molecule has 0 bridgehead atoms. The Morgan fingerprint density at radius 1 is 0.583 bits per heavy atom. The van der Waals surface area contributed by atoms with Crippen molar-refractivity contribution in [3.05, 3.63) is 131 Å². The number of aliphatic hydroxyl groups excluding tert-OH is 2. The minimum atomic E-state index is -0.598. The van der Waals surface area contributed by atoms with Crippen LogP contribution in [0.5, 0.6) is 0 Å². The number of hydrogen-bond donors (Lipinski definition) is 2. The number of aliphatic imine (C=N–C) groups is 2. The van der Waals surface area contributed by atoms with Gasteiger partial charge in [-0.25, -0.2) is 0 Å². The molecular weight excluding hydrogens is 444 g/mol. The standard InChI is InChI=1S/C16H15NO.C15H13NO.CH4/c1-11-7-8-13-10-15(17-14(13)9-11)16(18)12-5-3-2-4-6-12;17-15(11-6-2-1-3-7-11)14-10-12-8-4-5-9-13(12)16-14;/h2-9,16,18H,10H2,1H3;1-9,15,17H,10H2;1H4. The quantitative estimate of drug-likeness (QED) is 0.332. The lowest BCUT2D eigenvalue weighted by molar-refractivity contribution is 0.246. The van der Waals surface area contributed by atoms with E-state index in [1.165, 1.54) is 16.7 Å². The van der Waals surface area contributed by atoms with Crippen molar-refractivity contribution in [2.24, 2.45) is 9.98 Å². The molecule has 0 saturated heterocycles. The van der Waals surface area contributed by atoms with E-state index in [1.807, 2.05) is 78.9 Å². The van der Waals surface area contributed by atoms with E-state index in [-0.39, 0.29) is 7.43 Å². The highest BCUT2D eigenvalue weighted by atomic mass is 16.3. The van der Waals surface area contributed by atoms with Crippen LogP contribution in [0.25, 0.3) is 0 Å². The summed E-state index contributed by atoms with van der Waals surface area (Å²) < 4.78 is 0. The van der Waals surface area contributed by atoms with E-state index >= 15 is 0 Å². The highest BCUT2D eigenvalue weighted by Crippen LogP contribution is 2.32. The third-order valence-corrected chi connectivity index (χ3v) is 6.37. The van der Waals surface area contributed by atoms with Crippen LogP contribution in [0.2, 0.25) is 0 Å². The summed E-state index contributed by atoms with van der Waals surface area (Å²) in [5.74, 6) is 0. The molecule has 2 heterocycles. The van der Waals surface area contributed by atoms with E-state index in [0.717, 1.165) is 46.8 Å². The fourth-order valence-corrected chi connectivity index (χ4v) is 4.45. The SMILES string of the molecule is C.Cc1ccc2c(c1)N=C(C(O)c1ccccc1)C2.OC(C1=Nc2ccccc2C1)c1ccccc1. The van der Waals surface area contributed by atoms with E-state index in [0.29, 0.717) is 0 Å². The Bertz CT molecular complexity index is 1380. The Labute approximate surface area is 213 Å². The lowest BCUT2D eigenvalue weighted by Crippen LogP contribution is -2.11. The number of hydrogen-bond acceptors (Lipinski definition) is 4. The number of benzene rings is 4. The van der Waals surface area contributed by atoms with Crippen molar-refractivity contribution in [3.63, 3.8) is 0 Å². The van der Waals surface area contributed by atoms with E-state index in [1.54, 1.807) is 0 Å². The number of rotatable bonds is 4. The molecule has 2 aliphatic heterocycles. The summed E-state index contributed by atoms with van der Waals surface area (Å²) in [7, 11) is 0. The lowest BCUT2D eigenvalue weighted by atomic mass is 10.0. The number of fused-ring (bicyclic) bond motifs is 2. The zero-order valence-corrected chi connectivity index (χ0v) is 19.7. The molecule has 2 atom stereocenters. The summed E-state index contributed by atoms with van der Waals surface area (Å²) in [5.41, 5.74) is 9.05. The molecule has 36 heavy (non-hydrogen) atoms. The normalized spacial score (nSPS) is 14.8. The van der Waals surface area contributed by atoms with Crippen molar-refractivity contribution in [3.8, 4) is 0 Å². The number of aryl methyl sites for hydroxylation is 1. The predicted octanol–water partition coefficient (Wildman–Crippen LogP) is 7.04. The van der Waals surface area contributed by atoms with Crippen molar-refractivity contribution in [2.75, 3.05) is 0 Å². The van der Waals surface area contributed by atoms with Gasteiger partial charge in [0.1, 0.15) is 12.2 Å². The van der Waals surface area contributed by atoms with E-state index < -0.39 is 12.2 Å². The maximum atomic E-state index is 10.3. The molecule has 0 aliphatic carbocycles. The van der Waals surface area contributed by atoms with Crippen molar-refractivity contribution in [1.82, 2.24) is 0 Å². The van der Waals surface area contributed by atoms with Gasteiger partial charge < -0.3 is 10.2 Å². The second-order valence-corrected chi connectivity index (χ2v) is 8.95. The third kappa shape index (κ3) is 5.51. The van der Waals surface area contributed by atoms with Crippen LogP contribution in [-0.4, -0.2) is 21.6 Å². The van der Waals surface area contributed by atoms with Crippen LogP contribution < -0.4 is 0 Å². The van der Waals surface area contributed by atoms with Gasteiger partial charge in [0.15, 0.2) is 0 Å². The van der Waals surface area contributed by atoms with Crippen LogP contribution in [0.4, 0.5) is 11.4 Å². The van der Waals surface area contributed by atoms with Gasteiger partial charge in [-0.3, -0.25) is 9.98 Å². The predicted molar refractivity (Wildman–Crippen MR) is 149 cm³/mol. The van der Waals surface area contributed by atoms with Gasteiger partial charge in [0.25, 0.3) is 0 Å². The first-order chi connectivity index (χ1) is 17.1. The van der Waals surface area contributed by atoms with Crippen molar-refractivity contribution in [2.45, 2.75) is 39.4 Å². The maximum Gasteiger partial charge on any atom is 0.117 e. The van der Waals surface area contributed by atoms with Gasteiger partial charge in [-0.15, -0.1) is 0 Å².